The van der Waals surface area contributed by atoms with Crippen molar-refractivity contribution in [2.45, 2.75) is 79.2 Å². The lowest BCUT2D eigenvalue weighted by atomic mass is 9.76. The van der Waals surface area contributed by atoms with Gasteiger partial charge in [-0.15, -0.1) is 0 Å². The molecule has 1 aliphatic rings. The molecule has 1 fully saturated rings. The van der Waals surface area contributed by atoms with Crippen molar-refractivity contribution in [1.29, 1.82) is 0 Å². The lowest BCUT2D eigenvalue weighted by Gasteiger charge is -2.41. The van der Waals surface area contributed by atoms with Crippen LogP contribution < -0.4 is 0 Å². The Bertz CT molecular complexity index is 317. The Kier molecular flexibility index (Phi) is 6.06. The van der Waals surface area contributed by atoms with Crippen LogP contribution in [0.15, 0.2) is 0 Å². The number of piperidine rings is 1. The SMILES string of the molecule is CCC(C)(C)CC(CC(C)(C)C(=O)O)N1CCCCC1. The number of rotatable bonds is 7. The number of nitrogens with zero attached hydrogens (tertiary/aromatic N) is 1. The van der Waals surface area contributed by atoms with E-state index < -0.39 is 11.4 Å². The molecular formula is C17H33NO2. The van der Waals surface area contributed by atoms with E-state index in [-0.39, 0.29) is 5.41 Å². The van der Waals surface area contributed by atoms with E-state index in [1.165, 1.54) is 19.3 Å². The molecule has 1 N–H and O–H groups in total. The van der Waals surface area contributed by atoms with E-state index >= 15 is 0 Å². The fourth-order valence-electron chi connectivity index (χ4n) is 3.07. The monoisotopic (exact) mass is 283 g/mol. The van der Waals surface area contributed by atoms with Crippen molar-refractivity contribution in [3.05, 3.63) is 0 Å². The van der Waals surface area contributed by atoms with E-state index in [1.54, 1.807) is 0 Å². The van der Waals surface area contributed by atoms with Crippen LogP contribution in [-0.2, 0) is 4.79 Å². The van der Waals surface area contributed by atoms with Gasteiger partial charge in [0.2, 0.25) is 0 Å². The first-order chi connectivity index (χ1) is 9.18. The van der Waals surface area contributed by atoms with E-state index in [9.17, 15) is 9.90 Å². The minimum Gasteiger partial charge on any atom is -0.481 e. The van der Waals surface area contributed by atoms with Gasteiger partial charge in [-0.3, -0.25) is 4.79 Å². The van der Waals surface area contributed by atoms with Gasteiger partial charge in [-0.25, -0.2) is 0 Å². The molecule has 1 atom stereocenters. The zero-order valence-corrected chi connectivity index (χ0v) is 14.0. The second kappa shape index (κ2) is 6.93. The predicted octanol–water partition coefficient (Wildman–Crippen LogP) is 4.17. The van der Waals surface area contributed by atoms with Gasteiger partial charge in [0.05, 0.1) is 5.41 Å². The van der Waals surface area contributed by atoms with E-state index in [0.29, 0.717) is 6.04 Å². The number of likely N-dealkylation sites (tertiary alicyclic amines) is 1. The van der Waals surface area contributed by atoms with E-state index in [2.05, 4.69) is 25.7 Å². The first-order valence-electron chi connectivity index (χ1n) is 8.15. The Balaban J connectivity index is 2.80. The highest BCUT2D eigenvalue weighted by atomic mass is 16.4. The molecule has 0 aliphatic carbocycles. The number of hydrogen-bond donors (Lipinski definition) is 1. The largest absolute Gasteiger partial charge is 0.481 e. The van der Waals surface area contributed by atoms with Crippen molar-refractivity contribution in [1.82, 2.24) is 4.90 Å². The topological polar surface area (TPSA) is 40.5 Å². The minimum absolute atomic E-state index is 0.288. The Labute approximate surface area is 124 Å². The van der Waals surface area contributed by atoms with Crippen LogP contribution in [0.25, 0.3) is 0 Å². The van der Waals surface area contributed by atoms with Crippen LogP contribution in [0.3, 0.4) is 0 Å². The third-order valence-electron chi connectivity index (χ3n) is 4.98. The number of hydrogen-bond acceptors (Lipinski definition) is 2. The molecule has 1 rings (SSSR count). The Hall–Kier alpha value is -0.570. The van der Waals surface area contributed by atoms with Crippen molar-refractivity contribution in [3.63, 3.8) is 0 Å². The van der Waals surface area contributed by atoms with Crippen LogP contribution in [0.4, 0.5) is 0 Å². The molecule has 0 amide bonds. The summed E-state index contributed by atoms with van der Waals surface area (Å²) in [6, 6.07) is 0.399. The maximum Gasteiger partial charge on any atom is 0.309 e. The highest BCUT2D eigenvalue weighted by Gasteiger charge is 2.35. The van der Waals surface area contributed by atoms with Crippen LogP contribution in [0.5, 0.6) is 0 Å². The van der Waals surface area contributed by atoms with Crippen LogP contribution >= 0.6 is 0 Å². The summed E-state index contributed by atoms with van der Waals surface area (Å²) in [4.78, 5) is 14.0. The summed E-state index contributed by atoms with van der Waals surface area (Å²) in [6.45, 7) is 12.8. The molecule has 1 unspecified atom stereocenters. The zero-order chi connectivity index (χ0) is 15.4. The maximum absolute atomic E-state index is 11.5. The number of carbonyl (C=O) groups is 1. The summed E-state index contributed by atoms with van der Waals surface area (Å²) < 4.78 is 0. The molecule has 0 aromatic rings. The summed E-state index contributed by atoms with van der Waals surface area (Å²) in [7, 11) is 0. The highest BCUT2D eigenvalue weighted by Crippen LogP contribution is 2.35. The second-order valence-corrected chi connectivity index (χ2v) is 7.87. The summed E-state index contributed by atoms with van der Waals surface area (Å²) in [5, 5.41) is 9.43. The van der Waals surface area contributed by atoms with E-state index in [0.717, 1.165) is 32.4 Å². The van der Waals surface area contributed by atoms with Gasteiger partial charge in [-0.2, -0.15) is 0 Å². The number of aliphatic carboxylic acids is 1. The number of carboxylic acids is 1. The minimum atomic E-state index is -0.672. The van der Waals surface area contributed by atoms with Gasteiger partial charge < -0.3 is 10.0 Å². The molecule has 0 radical (unpaired) electrons. The van der Waals surface area contributed by atoms with E-state index in [1.807, 2.05) is 13.8 Å². The second-order valence-electron chi connectivity index (χ2n) is 7.87. The summed E-state index contributed by atoms with van der Waals surface area (Å²) in [5.74, 6) is -0.672. The van der Waals surface area contributed by atoms with Gasteiger partial charge in [0.15, 0.2) is 0 Å². The standard InChI is InChI=1S/C17H33NO2/c1-6-16(2,3)12-14(13-17(4,5)15(19)20)18-10-8-7-9-11-18/h14H,6-13H2,1-5H3,(H,19,20). The van der Waals surface area contributed by atoms with Gasteiger partial charge in [-0.05, 0) is 58.0 Å². The lowest BCUT2D eigenvalue weighted by molar-refractivity contribution is -0.148. The van der Waals surface area contributed by atoms with Crippen LogP contribution in [0, 0.1) is 10.8 Å². The average Bonchev–Trinajstić information content (AvgIpc) is 2.38. The maximum atomic E-state index is 11.5. The average molecular weight is 283 g/mol. The molecule has 3 heteroatoms. The number of carboxylic acid groups (broad SMARTS) is 1. The van der Waals surface area contributed by atoms with Crippen molar-refractivity contribution in [3.8, 4) is 0 Å². The van der Waals surface area contributed by atoms with Gasteiger partial charge >= 0.3 is 5.97 Å². The van der Waals surface area contributed by atoms with Crippen molar-refractivity contribution in [2.24, 2.45) is 10.8 Å². The quantitative estimate of drug-likeness (QED) is 0.762. The molecule has 1 aliphatic heterocycles. The molecular weight excluding hydrogens is 250 g/mol. The fourth-order valence-corrected chi connectivity index (χ4v) is 3.07. The van der Waals surface area contributed by atoms with Gasteiger partial charge in [0, 0.05) is 6.04 Å². The third-order valence-corrected chi connectivity index (χ3v) is 4.98. The molecule has 0 aromatic heterocycles. The Morgan fingerprint density at radius 1 is 1.10 bits per heavy atom. The summed E-state index contributed by atoms with van der Waals surface area (Å²) >= 11 is 0. The first-order valence-corrected chi connectivity index (χ1v) is 8.15. The predicted molar refractivity (Wildman–Crippen MR) is 83.9 cm³/mol. The van der Waals surface area contributed by atoms with Crippen molar-refractivity contribution >= 4 is 5.97 Å². The first kappa shape index (κ1) is 17.5. The van der Waals surface area contributed by atoms with Crippen LogP contribution in [0.2, 0.25) is 0 Å². The van der Waals surface area contributed by atoms with Gasteiger partial charge in [0.1, 0.15) is 0 Å². The normalized spacial score (nSPS) is 19.9. The molecule has 1 heterocycles. The summed E-state index contributed by atoms with van der Waals surface area (Å²) in [6.07, 6.45) is 6.84. The Morgan fingerprint density at radius 3 is 2.10 bits per heavy atom. The summed E-state index contributed by atoms with van der Waals surface area (Å²) in [5.41, 5.74) is -0.345. The zero-order valence-electron chi connectivity index (χ0n) is 14.0. The van der Waals surface area contributed by atoms with Crippen molar-refractivity contribution in [2.75, 3.05) is 13.1 Å². The highest BCUT2D eigenvalue weighted by molar-refractivity contribution is 5.73. The molecule has 0 spiro atoms. The van der Waals surface area contributed by atoms with E-state index in [4.69, 9.17) is 0 Å². The molecule has 0 aromatic carbocycles. The molecule has 20 heavy (non-hydrogen) atoms. The lowest BCUT2D eigenvalue weighted by Crippen LogP contribution is -2.45. The molecule has 0 bridgehead atoms. The third kappa shape index (κ3) is 5.08. The molecule has 1 saturated heterocycles. The molecule has 0 saturated carbocycles. The van der Waals surface area contributed by atoms with Crippen LogP contribution in [0.1, 0.15) is 73.1 Å². The van der Waals surface area contributed by atoms with Crippen LogP contribution in [-0.4, -0.2) is 35.1 Å². The van der Waals surface area contributed by atoms with Gasteiger partial charge in [0.25, 0.3) is 0 Å². The smallest absolute Gasteiger partial charge is 0.309 e. The molecule has 118 valence electrons. The Morgan fingerprint density at radius 2 is 1.65 bits per heavy atom. The fraction of sp³-hybridized carbons (Fsp3) is 0.941. The van der Waals surface area contributed by atoms with Gasteiger partial charge in [-0.1, -0.05) is 33.6 Å². The van der Waals surface area contributed by atoms with Crippen molar-refractivity contribution < 1.29 is 9.90 Å². The molecule has 3 nitrogen and oxygen atoms in total.